The van der Waals surface area contributed by atoms with E-state index in [2.05, 4.69) is 15.4 Å². The normalized spacial score (nSPS) is 20.7. The van der Waals surface area contributed by atoms with Gasteiger partial charge in [0.25, 0.3) is 5.91 Å². The lowest BCUT2D eigenvalue weighted by atomic mass is 9.74. The summed E-state index contributed by atoms with van der Waals surface area (Å²) in [6.07, 6.45) is 0.819. The average Bonchev–Trinajstić information content (AvgIpc) is 3.44. The van der Waals surface area contributed by atoms with E-state index in [0.29, 0.717) is 26.0 Å². The maximum Gasteiger partial charge on any atom is 0.256 e. The SMILES string of the molecule is CN1N=C2CCN(C(=O)[C@@H](COCc3ccccc3)NC(=O)C(C)(C)N)CC2(Cc2cscn2)C1=O. The molecule has 3 heterocycles. The van der Waals surface area contributed by atoms with Crippen LogP contribution in [0.2, 0.25) is 0 Å². The predicted octanol–water partition coefficient (Wildman–Crippen LogP) is 1.17. The first-order valence-corrected chi connectivity index (χ1v) is 12.8. The molecule has 36 heavy (non-hydrogen) atoms. The van der Waals surface area contributed by atoms with Gasteiger partial charge in [-0.3, -0.25) is 14.4 Å². The smallest absolute Gasteiger partial charge is 0.256 e. The summed E-state index contributed by atoms with van der Waals surface area (Å²) in [5.74, 6) is -0.941. The van der Waals surface area contributed by atoms with Crippen molar-refractivity contribution in [3.05, 3.63) is 52.5 Å². The number of aromatic nitrogens is 1. The molecule has 1 unspecified atom stereocenters. The molecule has 3 amide bonds. The average molecular weight is 513 g/mol. The molecule has 1 aromatic carbocycles. The Bertz CT molecular complexity index is 1130. The fourth-order valence-electron chi connectivity index (χ4n) is 4.51. The summed E-state index contributed by atoms with van der Waals surface area (Å²) in [6, 6.07) is 8.63. The van der Waals surface area contributed by atoms with Crippen LogP contribution < -0.4 is 11.1 Å². The highest BCUT2D eigenvalue weighted by atomic mass is 32.1. The van der Waals surface area contributed by atoms with Crippen LogP contribution in [0.5, 0.6) is 0 Å². The van der Waals surface area contributed by atoms with Crippen molar-refractivity contribution in [1.29, 1.82) is 0 Å². The molecule has 0 radical (unpaired) electrons. The second-order valence-electron chi connectivity index (χ2n) is 9.87. The summed E-state index contributed by atoms with van der Waals surface area (Å²) in [4.78, 5) is 45.7. The molecule has 4 rings (SSSR count). The summed E-state index contributed by atoms with van der Waals surface area (Å²) in [5, 5.41) is 10.5. The molecule has 3 N–H and O–H groups in total. The van der Waals surface area contributed by atoms with Crippen molar-refractivity contribution in [3.8, 4) is 0 Å². The van der Waals surface area contributed by atoms with E-state index in [9.17, 15) is 14.4 Å². The maximum atomic E-state index is 13.7. The Hall–Kier alpha value is -3.15. The Morgan fingerprint density at radius 3 is 2.72 bits per heavy atom. The minimum absolute atomic E-state index is 0.0278. The highest BCUT2D eigenvalue weighted by molar-refractivity contribution is 7.07. The third-order valence-corrected chi connectivity index (χ3v) is 7.10. The molecular formula is C25H32N6O4S. The van der Waals surface area contributed by atoms with E-state index in [0.717, 1.165) is 17.0 Å². The van der Waals surface area contributed by atoms with Crippen LogP contribution in [0.4, 0.5) is 0 Å². The molecule has 0 bridgehead atoms. The van der Waals surface area contributed by atoms with Gasteiger partial charge in [-0.2, -0.15) is 5.10 Å². The lowest BCUT2D eigenvalue weighted by molar-refractivity contribution is -0.143. The van der Waals surface area contributed by atoms with Crippen molar-refractivity contribution in [3.63, 3.8) is 0 Å². The predicted molar refractivity (Wildman–Crippen MR) is 136 cm³/mol. The highest BCUT2D eigenvalue weighted by Crippen LogP contribution is 2.38. The molecule has 1 fully saturated rings. The molecule has 192 valence electrons. The summed E-state index contributed by atoms with van der Waals surface area (Å²) in [5.41, 5.74) is 8.06. The van der Waals surface area contributed by atoms with E-state index < -0.39 is 22.9 Å². The number of fused-ring (bicyclic) bond motifs is 1. The summed E-state index contributed by atoms with van der Waals surface area (Å²) < 4.78 is 5.83. The summed E-state index contributed by atoms with van der Waals surface area (Å²) >= 11 is 1.46. The third kappa shape index (κ3) is 5.48. The van der Waals surface area contributed by atoms with Crippen LogP contribution in [0, 0.1) is 5.41 Å². The Morgan fingerprint density at radius 2 is 2.06 bits per heavy atom. The number of hydrogen-bond acceptors (Lipinski definition) is 8. The topological polar surface area (TPSA) is 130 Å². The zero-order valence-corrected chi connectivity index (χ0v) is 21.6. The van der Waals surface area contributed by atoms with E-state index in [1.165, 1.54) is 16.3 Å². The van der Waals surface area contributed by atoms with Gasteiger partial charge in [0.1, 0.15) is 11.5 Å². The minimum Gasteiger partial charge on any atom is -0.374 e. The minimum atomic E-state index is -1.17. The number of carbonyl (C=O) groups excluding carboxylic acids is 3. The number of amides is 3. The number of nitrogens with two attached hydrogens (primary N) is 1. The monoisotopic (exact) mass is 512 g/mol. The van der Waals surface area contributed by atoms with E-state index >= 15 is 0 Å². The molecule has 11 heteroatoms. The maximum absolute atomic E-state index is 13.7. The molecule has 2 aliphatic rings. The molecular weight excluding hydrogens is 480 g/mol. The van der Waals surface area contributed by atoms with Gasteiger partial charge >= 0.3 is 0 Å². The first-order valence-electron chi connectivity index (χ1n) is 11.8. The van der Waals surface area contributed by atoms with Gasteiger partial charge in [-0.25, -0.2) is 9.99 Å². The first-order chi connectivity index (χ1) is 17.1. The van der Waals surface area contributed by atoms with E-state index in [-0.39, 0.29) is 25.0 Å². The quantitative estimate of drug-likeness (QED) is 0.519. The van der Waals surface area contributed by atoms with Gasteiger partial charge in [0.15, 0.2) is 0 Å². The van der Waals surface area contributed by atoms with Crippen LogP contribution in [0.1, 0.15) is 31.5 Å². The van der Waals surface area contributed by atoms with Crippen LogP contribution in [0.25, 0.3) is 0 Å². The van der Waals surface area contributed by atoms with Gasteiger partial charge in [0.2, 0.25) is 11.8 Å². The first kappa shape index (κ1) is 25.9. The Kier molecular flexibility index (Phi) is 7.53. The summed E-state index contributed by atoms with van der Waals surface area (Å²) in [6.45, 7) is 3.96. The fraction of sp³-hybridized carbons (Fsp3) is 0.480. The Labute approximate surface area is 214 Å². The number of nitrogens with one attached hydrogen (secondary N) is 1. The zero-order valence-electron chi connectivity index (χ0n) is 20.8. The number of thiazole rings is 1. The van der Waals surface area contributed by atoms with Gasteiger partial charge in [-0.05, 0) is 19.4 Å². The molecule has 0 aliphatic carbocycles. The molecule has 0 spiro atoms. The molecule has 10 nitrogen and oxygen atoms in total. The van der Waals surface area contributed by atoms with Crippen molar-refractivity contribution in [2.45, 2.75) is 44.9 Å². The fourth-order valence-corrected chi connectivity index (χ4v) is 5.07. The van der Waals surface area contributed by atoms with Gasteiger partial charge in [0, 0.05) is 38.4 Å². The van der Waals surface area contributed by atoms with Crippen LogP contribution in [0.15, 0.2) is 46.3 Å². The number of hydrazone groups is 1. The van der Waals surface area contributed by atoms with Gasteiger partial charge in [-0.15, -0.1) is 11.3 Å². The standard InChI is InChI=1S/C25H32N6O4S/c1-24(2,26)22(33)28-19(13-35-12-17-7-5-4-6-8-17)21(32)31-10-9-20-25(15-31,23(34)30(3)29-20)11-18-14-36-16-27-18/h4-8,14,16,19H,9-13,15,26H2,1-3H3,(H,28,33)/t19-,25?/m1/s1. The number of rotatable bonds is 9. The molecule has 2 atom stereocenters. The van der Waals surface area contributed by atoms with Crippen LogP contribution in [-0.2, 0) is 32.1 Å². The van der Waals surface area contributed by atoms with Crippen molar-refractivity contribution in [1.82, 2.24) is 20.2 Å². The molecule has 2 aliphatic heterocycles. The zero-order chi connectivity index (χ0) is 25.9. The van der Waals surface area contributed by atoms with Crippen molar-refractivity contribution in [2.75, 3.05) is 26.7 Å². The van der Waals surface area contributed by atoms with Crippen molar-refractivity contribution >= 4 is 34.8 Å². The van der Waals surface area contributed by atoms with Crippen LogP contribution in [0.3, 0.4) is 0 Å². The second-order valence-corrected chi connectivity index (χ2v) is 10.6. The molecule has 1 saturated heterocycles. The Morgan fingerprint density at radius 1 is 1.31 bits per heavy atom. The lowest BCUT2D eigenvalue weighted by Gasteiger charge is -2.40. The number of nitrogens with zero attached hydrogens (tertiary/aromatic N) is 4. The molecule has 1 aromatic heterocycles. The second kappa shape index (κ2) is 10.5. The van der Waals surface area contributed by atoms with Gasteiger partial charge < -0.3 is 20.7 Å². The van der Waals surface area contributed by atoms with Crippen LogP contribution in [-0.4, -0.2) is 76.7 Å². The van der Waals surface area contributed by atoms with E-state index in [1.54, 1.807) is 31.3 Å². The number of carbonyl (C=O) groups is 3. The summed E-state index contributed by atoms with van der Waals surface area (Å²) in [7, 11) is 1.63. The van der Waals surface area contributed by atoms with E-state index in [1.807, 2.05) is 35.7 Å². The Balaban J connectivity index is 1.53. The highest BCUT2D eigenvalue weighted by Gasteiger charge is 2.54. The number of piperidine rings is 1. The van der Waals surface area contributed by atoms with Crippen molar-refractivity contribution in [2.24, 2.45) is 16.3 Å². The van der Waals surface area contributed by atoms with Gasteiger partial charge in [-0.1, -0.05) is 30.3 Å². The molecule has 0 saturated carbocycles. The van der Waals surface area contributed by atoms with E-state index in [4.69, 9.17) is 10.5 Å². The third-order valence-electron chi connectivity index (χ3n) is 6.47. The number of likely N-dealkylation sites (tertiary alicyclic amines) is 1. The lowest BCUT2D eigenvalue weighted by Crippen LogP contribution is -2.61. The van der Waals surface area contributed by atoms with Crippen LogP contribution >= 0.6 is 11.3 Å². The number of benzene rings is 1. The largest absolute Gasteiger partial charge is 0.374 e. The number of ether oxygens (including phenoxy) is 1. The van der Waals surface area contributed by atoms with Crippen molar-refractivity contribution < 1.29 is 19.1 Å². The molecule has 2 aromatic rings. The van der Waals surface area contributed by atoms with Gasteiger partial charge in [0.05, 0.1) is 35.7 Å². The number of hydrogen-bond donors (Lipinski definition) is 2.